The van der Waals surface area contributed by atoms with Crippen LogP contribution in [0.15, 0.2) is 0 Å². The molecule has 1 saturated carbocycles. The Morgan fingerprint density at radius 2 is 2.18 bits per heavy atom. The van der Waals surface area contributed by atoms with Crippen LogP contribution >= 0.6 is 22.9 Å². The van der Waals surface area contributed by atoms with Crippen LogP contribution in [0, 0.1) is 0 Å². The molecule has 5 nitrogen and oxygen atoms in total. The largest absolute Gasteiger partial charge is 0.308 e. The highest BCUT2D eigenvalue weighted by atomic mass is 32.1. The van der Waals surface area contributed by atoms with E-state index in [0.29, 0.717) is 6.04 Å². The zero-order chi connectivity index (χ0) is 11.7. The fourth-order valence-corrected chi connectivity index (χ4v) is 3.16. The molecule has 0 unspecified atom stereocenters. The van der Waals surface area contributed by atoms with Crippen molar-refractivity contribution in [2.45, 2.75) is 38.8 Å². The summed E-state index contributed by atoms with van der Waals surface area (Å²) in [6, 6.07) is 0.707. The zero-order valence-corrected chi connectivity index (χ0v) is 11.1. The van der Waals surface area contributed by atoms with Gasteiger partial charge < -0.3 is 5.32 Å². The van der Waals surface area contributed by atoms with Crippen molar-refractivity contribution >= 4 is 22.9 Å². The van der Waals surface area contributed by atoms with E-state index in [4.69, 9.17) is 0 Å². The van der Waals surface area contributed by atoms with Crippen molar-refractivity contribution in [2.24, 2.45) is 0 Å². The van der Waals surface area contributed by atoms with Gasteiger partial charge in [0, 0.05) is 12.6 Å². The van der Waals surface area contributed by atoms with Crippen molar-refractivity contribution in [2.75, 3.05) is 0 Å². The Hall–Kier alpha value is -0.920. The molecule has 0 aromatic carbocycles. The smallest absolute Gasteiger partial charge is 0.161 e. The number of nitrogens with one attached hydrogen (secondary N) is 1. The molecular formula is C10H13N5S2. The van der Waals surface area contributed by atoms with E-state index in [9.17, 15) is 0 Å². The first kappa shape index (κ1) is 11.2. The standard InChI is InChI=1S/C10H13N5S2/c1-2-7-9(17-15-12-7)10-14-13-8(16-10)5-11-6-3-4-6/h6,11H,2-5H2,1H3. The molecule has 1 fully saturated rings. The lowest BCUT2D eigenvalue weighted by molar-refractivity contribution is 0.679. The van der Waals surface area contributed by atoms with E-state index >= 15 is 0 Å². The van der Waals surface area contributed by atoms with Gasteiger partial charge in [-0.25, -0.2) is 0 Å². The molecule has 2 aromatic rings. The Morgan fingerprint density at radius 3 is 2.94 bits per heavy atom. The summed E-state index contributed by atoms with van der Waals surface area (Å²) in [5, 5.41) is 18.0. The predicted molar refractivity (Wildman–Crippen MR) is 68.1 cm³/mol. The highest BCUT2D eigenvalue weighted by Gasteiger charge is 2.21. The van der Waals surface area contributed by atoms with Crippen LogP contribution in [0.4, 0.5) is 0 Å². The molecule has 0 spiro atoms. The molecule has 0 bridgehead atoms. The van der Waals surface area contributed by atoms with E-state index in [-0.39, 0.29) is 0 Å². The molecule has 0 amide bonds. The Kier molecular flexibility index (Phi) is 3.13. The van der Waals surface area contributed by atoms with Gasteiger partial charge in [0.2, 0.25) is 0 Å². The molecular weight excluding hydrogens is 254 g/mol. The van der Waals surface area contributed by atoms with E-state index in [1.807, 2.05) is 0 Å². The normalized spacial score (nSPS) is 15.4. The fourth-order valence-electron chi connectivity index (χ4n) is 1.54. The van der Waals surface area contributed by atoms with Gasteiger partial charge in [0.1, 0.15) is 9.88 Å². The topological polar surface area (TPSA) is 63.6 Å². The van der Waals surface area contributed by atoms with Crippen molar-refractivity contribution in [3.63, 3.8) is 0 Å². The van der Waals surface area contributed by atoms with Crippen LogP contribution in [0.1, 0.15) is 30.5 Å². The lowest BCUT2D eigenvalue weighted by atomic mass is 10.3. The molecule has 3 rings (SSSR count). The molecule has 0 atom stereocenters. The summed E-state index contributed by atoms with van der Waals surface area (Å²) < 4.78 is 3.98. The van der Waals surface area contributed by atoms with E-state index in [1.165, 1.54) is 24.4 Å². The van der Waals surface area contributed by atoms with Gasteiger partial charge in [0.15, 0.2) is 5.01 Å². The maximum atomic E-state index is 4.22. The molecule has 1 aliphatic rings. The van der Waals surface area contributed by atoms with Crippen LogP contribution in [0.25, 0.3) is 9.88 Å². The second kappa shape index (κ2) is 4.75. The number of aromatic nitrogens is 4. The minimum absolute atomic E-state index is 0.707. The predicted octanol–water partition coefficient (Wildman–Crippen LogP) is 1.87. The zero-order valence-electron chi connectivity index (χ0n) is 9.51. The van der Waals surface area contributed by atoms with Gasteiger partial charge in [-0.3, -0.25) is 0 Å². The summed E-state index contributed by atoms with van der Waals surface area (Å²) in [7, 11) is 0. The van der Waals surface area contributed by atoms with Crippen LogP contribution in [-0.4, -0.2) is 25.8 Å². The van der Waals surface area contributed by atoms with Gasteiger partial charge in [0.05, 0.1) is 5.69 Å². The molecule has 0 aliphatic heterocycles. The van der Waals surface area contributed by atoms with Gasteiger partial charge in [-0.2, -0.15) is 0 Å². The number of hydrogen-bond donors (Lipinski definition) is 1. The molecule has 1 N–H and O–H groups in total. The van der Waals surface area contributed by atoms with Crippen LogP contribution < -0.4 is 5.32 Å². The first-order valence-corrected chi connectivity index (χ1v) is 7.33. The van der Waals surface area contributed by atoms with Crippen LogP contribution in [0.2, 0.25) is 0 Å². The third-order valence-electron chi connectivity index (χ3n) is 2.67. The van der Waals surface area contributed by atoms with Crippen molar-refractivity contribution in [1.82, 2.24) is 25.1 Å². The maximum Gasteiger partial charge on any atom is 0.161 e. The average molecular weight is 267 g/mol. The summed E-state index contributed by atoms with van der Waals surface area (Å²) in [5.74, 6) is 0. The van der Waals surface area contributed by atoms with Gasteiger partial charge in [-0.05, 0) is 30.8 Å². The first-order chi connectivity index (χ1) is 8.36. The van der Waals surface area contributed by atoms with E-state index < -0.39 is 0 Å². The highest BCUT2D eigenvalue weighted by Crippen LogP contribution is 2.29. The second-order valence-electron chi connectivity index (χ2n) is 4.06. The average Bonchev–Trinajstić information content (AvgIpc) is 2.89. The molecule has 2 aromatic heterocycles. The first-order valence-electron chi connectivity index (χ1n) is 5.74. The maximum absolute atomic E-state index is 4.22. The third-order valence-corrected chi connectivity index (χ3v) is 4.52. The monoisotopic (exact) mass is 267 g/mol. The molecule has 1 aliphatic carbocycles. The minimum Gasteiger partial charge on any atom is -0.308 e. The quantitative estimate of drug-likeness (QED) is 0.896. The van der Waals surface area contributed by atoms with E-state index in [1.54, 1.807) is 11.3 Å². The fraction of sp³-hybridized carbons (Fsp3) is 0.600. The molecule has 2 heterocycles. The van der Waals surface area contributed by atoms with E-state index in [2.05, 4.69) is 32.0 Å². The SMILES string of the molecule is CCc1nnsc1-c1nnc(CNC2CC2)s1. The van der Waals surface area contributed by atoms with Crippen LogP contribution in [0.5, 0.6) is 0 Å². The molecule has 17 heavy (non-hydrogen) atoms. The number of nitrogens with zero attached hydrogens (tertiary/aromatic N) is 4. The van der Waals surface area contributed by atoms with Gasteiger partial charge in [-0.15, -0.1) is 15.3 Å². The Bertz CT molecular complexity index is 502. The van der Waals surface area contributed by atoms with Gasteiger partial charge in [-0.1, -0.05) is 22.7 Å². The lowest BCUT2D eigenvalue weighted by Crippen LogP contribution is -2.14. The minimum atomic E-state index is 0.707. The van der Waals surface area contributed by atoms with Gasteiger partial charge in [0.25, 0.3) is 0 Å². The second-order valence-corrected chi connectivity index (χ2v) is 5.87. The van der Waals surface area contributed by atoms with Crippen molar-refractivity contribution in [3.05, 3.63) is 10.7 Å². The third kappa shape index (κ3) is 2.51. The summed E-state index contributed by atoms with van der Waals surface area (Å²) in [5.41, 5.74) is 1.02. The Balaban J connectivity index is 1.74. The molecule has 0 saturated heterocycles. The van der Waals surface area contributed by atoms with Gasteiger partial charge >= 0.3 is 0 Å². The molecule has 90 valence electrons. The number of aryl methyl sites for hydroxylation is 1. The highest BCUT2D eigenvalue weighted by molar-refractivity contribution is 7.19. The number of hydrogen-bond acceptors (Lipinski definition) is 7. The summed E-state index contributed by atoms with van der Waals surface area (Å²) in [4.78, 5) is 1.07. The Morgan fingerprint density at radius 1 is 1.29 bits per heavy atom. The molecule has 7 heteroatoms. The molecule has 0 radical (unpaired) electrons. The van der Waals surface area contributed by atoms with Crippen LogP contribution in [0.3, 0.4) is 0 Å². The van der Waals surface area contributed by atoms with Crippen molar-refractivity contribution < 1.29 is 0 Å². The van der Waals surface area contributed by atoms with Crippen molar-refractivity contribution in [1.29, 1.82) is 0 Å². The van der Waals surface area contributed by atoms with E-state index in [0.717, 1.165) is 33.6 Å². The summed E-state index contributed by atoms with van der Waals surface area (Å²) >= 11 is 3.04. The number of rotatable bonds is 5. The summed E-state index contributed by atoms with van der Waals surface area (Å²) in [6.07, 6.45) is 3.48. The van der Waals surface area contributed by atoms with Crippen LogP contribution in [-0.2, 0) is 13.0 Å². The Labute approximate surface area is 107 Å². The lowest BCUT2D eigenvalue weighted by Gasteiger charge is -1.95. The summed E-state index contributed by atoms with van der Waals surface area (Å²) in [6.45, 7) is 2.91. The van der Waals surface area contributed by atoms with Crippen molar-refractivity contribution in [3.8, 4) is 9.88 Å².